The molecule has 4 rings (SSSR count). The summed E-state index contributed by atoms with van der Waals surface area (Å²) in [6.07, 6.45) is 1.78. The Balaban J connectivity index is 1.32. The molecule has 1 unspecified atom stereocenters. The van der Waals surface area contributed by atoms with Gasteiger partial charge in [0.2, 0.25) is 11.8 Å². The Morgan fingerprint density at radius 3 is 2.45 bits per heavy atom. The van der Waals surface area contributed by atoms with Crippen molar-refractivity contribution in [2.24, 2.45) is 5.92 Å². The topological polar surface area (TPSA) is 83.0 Å². The van der Waals surface area contributed by atoms with Crippen molar-refractivity contribution in [2.45, 2.75) is 13.3 Å². The summed E-state index contributed by atoms with van der Waals surface area (Å²) in [5.41, 5.74) is 1.26. The lowest BCUT2D eigenvalue weighted by Crippen LogP contribution is -2.51. The molecule has 31 heavy (non-hydrogen) atoms. The minimum atomic E-state index is -0.382. The number of rotatable bonds is 5. The Hall–Kier alpha value is -3.42. The number of ether oxygens (including phenoxy) is 1. The van der Waals surface area contributed by atoms with Gasteiger partial charge in [-0.3, -0.25) is 9.59 Å². The number of hydrogen-bond acceptors (Lipinski definition) is 6. The van der Waals surface area contributed by atoms with Crippen LogP contribution in [0.5, 0.6) is 0 Å². The molecule has 2 aliphatic rings. The van der Waals surface area contributed by atoms with Crippen LogP contribution in [-0.4, -0.2) is 67.0 Å². The number of aromatic nitrogens is 1. The second kappa shape index (κ2) is 9.16. The number of carbonyl (C=O) groups is 3. The number of pyridine rings is 1. The van der Waals surface area contributed by atoms with E-state index in [9.17, 15) is 14.4 Å². The van der Waals surface area contributed by atoms with Gasteiger partial charge in [0.05, 0.1) is 18.1 Å². The molecule has 0 spiro atoms. The third kappa shape index (κ3) is 4.52. The zero-order valence-corrected chi connectivity index (χ0v) is 17.6. The van der Waals surface area contributed by atoms with E-state index in [1.165, 1.54) is 6.20 Å². The molecule has 2 amide bonds. The van der Waals surface area contributed by atoms with Gasteiger partial charge in [-0.25, -0.2) is 9.78 Å². The average molecular weight is 422 g/mol. The third-order valence-corrected chi connectivity index (χ3v) is 5.72. The van der Waals surface area contributed by atoms with Gasteiger partial charge in [-0.05, 0) is 31.2 Å². The van der Waals surface area contributed by atoms with Crippen LogP contribution in [0, 0.1) is 5.92 Å². The number of benzene rings is 1. The minimum Gasteiger partial charge on any atom is -0.462 e. The Labute approximate surface area is 181 Å². The first-order valence-electron chi connectivity index (χ1n) is 10.6. The lowest BCUT2D eigenvalue weighted by atomic mass is 10.1. The van der Waals surface area contributed by atoms with Crippen LogP contribution in [0.4, 0.5) is 11.5 Å². The first-order chi connectivity index (χ1) is 15.1. The van der Waals surface area contributed by atoms with Gasteiger partial charge in [-0.1, -0.05) is 18.2 Å². The van der Waals surface area contributed by atoms with Crippen LogP contribution < -0.4 is 9.80 Å². The summed E-state index contributed by atoms with van der Waals surface area (Å²) < 4.78 is 4.98. The fourth-order valence-corrected chi connectivity index (χ4v) is 4.05. The Kier molecular flexibility index (Phi) is 6.16. The SMILES string of the molecule is CCOC(=O)c1ccc(N2CCN(C(=O)C3CC(=O)N(c4ccccc4)C3)CC2)nc1. The molecular weight excluding hydrogens is 396 g/mol. The van der Waals surface area contributed by atoms with Gasteiger partial charge in [-0.15, -0.1) is 0 Å². The van der Waals surface area contributed by atoms with Gasteiger partial charge in [0, 0.05) is 51.0 Å². The standard InChI is InChI=1S/C23H26N4O4/c1-2-31-23(30)17-8-9-20(24-15-17)25-10-12-26(13-11-25)22(29)18-14-21(28)27(16-18)19-6-4-3-5-7-19/h3-9,15,18H,2,10-14,16H2,1H3. The highest BCUT2D eigenvalue weighted by atomic mass is 16.5. The quantitative estimate of drug-likeness (QED) is 0.685. The zero-order chi connectivity index (χ0) is 21.8. The van der Waals surface area contributed by atoms with E-state index < -0.39 is 0 Å². The maximum atomic E-state index is 13.0. The molecule has 0 bridgehead atoms. The van der Waals surface area contributed by atoms with Crippen LogP contribution >= 0.6 is 0 Å². The molecule has 0 saturated carbocycles. The first-order valence-corrected chi connectivity index (χ1v) is 10.6. The van der Waals surface area contributed by atoms with E-state index in [2.05, 4.69) is 9.88 Å². The Morgan fingerprint density at radius 1 is 1.06 bits per heavy atom. The molecule has 8 nitrogen and oxygen atoms in total. The summed E-state index contributed by atoms with van der Waals surface area (Å²) >= 11 is 0. The molecule has 1 atom stereocenters. The summed E-state index contributed by atoms with van der Waals surface area (Å²) in [5.74, 6) is 0.117. The van der Waals surface area contributed by atoms with Crippen LogP contribution in [0.1, 0.15) is 23.7 Å². The smallest absolute Gasteiger partial charge is 0.339 e. The van der Waals surface area contributed by atoms with Crippen molar-refractivity contribution in [1.82, 2.24) is 9.88 Å². The molecule has 8 heteroatoms. The van der Waals surface area contributed by atoms with Crippen molar-refractivity contribution >= 4 is 29.3 Å². The van der Waals surface area contributed by atoms with Gasteiger partial charge in [-0.2, -0.15) is 0 Å². The van der Waals surface area contributed by atoms with Gasteiger partial charge < -0.3 is 19.4 Å². The Morgan fingerprint density at radius 2 is 1.81 bits per heavy atom. The molecule has 2 aliphatic heterocycles. The van der Waals surface area contributed by atoms with E-state index in [-0.39, 0.29) is 30.1 Å². The molecule has 1 aromatic heterocycles. The second-order valence-electron chi connectivity index (χ2n) is 7.68. The number of amides is 2. The van der Waals surface area contributed by atoms with Crippen LogP contribution in [0.2, 0.25) is 0 Å². The number of esters is 1. The average Bonchev–Trinajstić information content (AvgIpc) is 3.21. The highest BCUT2D eigenvalue weighted by Gasteiger charge is 2.38. The first kappa shape index (κ1) is 20.8. The number of para-hydroxylation sites is 1. The van der Waals surface area contributed by atoms with Gasteiger partial charge >= 0.3 is 5.97 Å². The van der Waals surface area contributed by atoms with Gasteiger partial charge in [0.1, 0.15) is 5.82 Å². The van der Waals surface area contributed by atoms with Crippen molar-refractivity contribution in [3.63, 3.8) is 0 Å². The summed E-state index contributed by atoms with van der Waals surface area (Å²) in [7, 11) is 0. The van der Waals surface area contributed by atoms with Crippen molar-refractivity contribution < 1.29 is 19.1 Å². The summed E-state index contributed by atoms with van der Waals surface area (Å²) in [4.78, 5) is 47.2. The van der Waals surface area contributed by atoms with Crippen molar-refractivity contribution in [2.75, 3.05) is 49.1 Å². The van der Waals surface area contributed by atoms with Gasteiger partial charge in [0.15, 0.2) is 0 Å². The van der Waals surface area contributed by atoms with E-state index >= 15 is 0 Å². The van der Waals surface area contributed by atoms with E-state index in [0.717, 1.165) is 11.5 Å². The highest BCUT2D eigenvalue weighted by Crippen LogP contribution is 2.26. The molecule has 2 aromatic rings. The molecule has 2 fully saturated rings. The summed E-state index contributed by atoms with van der Waals surface area (Å²) in [6, 6.07) is 13.0. The van der Waals surface area contributed by atoms with Crippen LogP contribution in [0.15, 0.2) is 48.7 Å². The molecule has 3 heterocycles. The van der Waals surface area contributed by atoms with Crippen LogP contribution in [-0.2, 0) is 14.3 Å². The summed E-state index contributed by atoms with van der Waals surface area (Å²) in [6.45, 7) is 4.99. The molecule has 0 aliphatic carbocycles. The molecule has 0 radical (unpaired) electrons. The fourth-order valence-electron chi connectivity index (χ4n) is 4.05. The van der Waals surface area contributed by atoms with Crippen LogP contribution in [0.25, 0.3) is 0 Å². The predicted molar refractivity (Wildman–Crippen MR) is 116 cm³/mol. The zero-order valence-electron chi connectivity index (χ0n) is 17.6. The maximum Gasteiger partial charge on any atom is 0.339 e. The third-order valence-electron chi connectivity index (χ3n) is 5.72. The van der Waals surface area contributed by atoms with E-state index in [1.807, 2.05) is 35.2 Å². The minimum absolute atomic E-state index is 0.00549. The molecule has 0 N–H and O–H groups in total. The predicted octanol–water partition coefficient (Wildman–Crippen LogP) is 1.96. The van der Waals surface area contributed by atoms with Crippen molar-refractivity contribution in [1.29, 1.82) is 0 Å². The normalized spacial score (nSPS) is 18.9. The largest absolute Gasteiger partial charge is 0.462 e. The monoisotopic (exact) mass is 422 g/mol. The lowest BCUT2D eigenvalue weighted by molar-refractivity contribution is -0.136. The van der Waals surface area contributed by atoms with E-state index in [4.69, 9.17) is 4.74 Å². The molecule has 162 valence electrons. The van der Waals surface area contributed by atoms with Gasteiger partial charge in [0.25, 0.3) is 0 Å². The maximum absolute atomic E-state index is 13.0. The second-order valence-corrected chi connectivity index (χ2v) is 7.68. The fraction of sp³-hybridized carbons (Fsp3) is 0.391. The molecular formula is C23H26N4O4. The van der Waals surface area contributed by atoms with Crippen LogP contribution in [0.3, 0.4) is 0 Å². The van der Waals surface area contributed by atoms with Crippen molar-refractivity contribution in [3.8, 4) is 0 Å². The molecule has 1 aromatic carbocycles. The van der Waals surface area contributed by atoms with E-state index in [1.54, 1.807) is 24.0 Å². The molecule has 2 saturated heterocycles. The number of hydrogen-bond donors (Lipinski definition) is 0. The van der Waals surface area contributed by atoms with Crippen molar-refractivity contribution in [3.05, 3.63) is 54.2 Å². The lowest BCUT2D eigenvalue weighted by Gasteiger charge is -2.36. The number of anilines is 2. The summed E-state index contributed by atoms with van der Waals surface area (Å²) in [5, 5.41) is 0. The number of piperazine rings is 1. The number of nitrogens with zero attached hydrogens (tertiary/aromatic N) is 4. The van der Waals surface area contributed by atoms with E-state index in [0.29, 0.717) is 44.9 Å². The Bertz CT molecular complexity index is 940. The highest BCUT2D eigenvalue weighted by molar-refractivity contribution is 6.00. The number of carbonyl (C=O) groups excluding carboxylic acids is 3.